The van der Waals surface area contributed by atoms with Crippen molar-refractivity contribution in [1.82, 2.24) is 15.5 Å². The van der Waals surface area contributed by atoms with Crippen molar-refractivity contribution >= 4 is 17.8 Å². The Morgan fingerprint density at radius 2 is 1.96 bits per heavy atom. The third-order valence-corrected chi connectivity index (χ3v) is 4.36. The Bertz CT molecular complexity index is 838. The van der Waals surface area contributed by atoms with Crippen molar-refractivity contribution in [2.24, 2.45) is 0 Å². The number of amides is 4. The number of rotatable bonds is 6. The van der Waals surface area contributed by atoms with Crippen molar-refractivity contribution < 1.29 is 19.1 Å². The molecule has 1 fully saturated rings. The highest BCUT2D eigenvalue weighted by Crippen LogP contribution is 2.23. The number of benzene rings is 2. The number of likely N-dealkylation sites (N-methyl/N-ethyl adjacent to an activating group) is 1. The minimum atomic E-state index is -0.413. The van der Waals surface area contributed by atoms with Gasteiger partial charge in [0.1, 0.15) is 5.75 Å². The molecule has 27 heavy (non-hydrogen) atoms. The first-order valence-corrected chi connectivity index (χ1v) is 8.65. The van der Waals surface area contributed by atoms with Gasteiger partial charge >= 0.3 is 6.03 Å². The first kappa shape index (κ1) is 18.4. The van der Waals surface area contributed by atoms with Crippen LogP contribution in [0.3, 0.4) is 0 Å². The molecule has 1 saturated heterocycles. The Kier molecular flexibility index (Phi) is 5.71. The maximum atomic E-state index is 12.9. The van der Waals surface area contributed by atoms with E-state index in [1.165, 1.54) is 11.9 Å². The van der Waals surface area contributed by atoms with Gasteiger partial charge < -0.3 is 15.4 Å². The zero-order valence-corrected chi connectivity index (χ0v) is 15.0. The fourth-order valence-electron chi connectivity index (χ4n) is 2.89. The predicted molar refractivity (Wildman–Crippen MR) is 99.1 cm³/mol. The quantitative estimate of drug-likeness (QED) is 0.813. The number of nitrogens with zero attached hydrogens (tertiary/aromatic N) is 1. The van der Waals surface area contributed by atoms with Crippen molar-refractivity contribution in [1.29, 1.82) is 0 Å². The van der Waals surface area contributed by atoms with E-state index in [-0.39, 0.29) is 31.5 Å². The van der Waals surface area contributed by atoms with Crippen LogP contribution >= 0.6 is 0 Å². The Morgan fingerprint density at radius 1 is 1.19 bits per heavy atom. The number of hydrogen-bond acceptors (Lipinski definition) is 4. The normalized spacial score (nSPS) is 16.6. The summed E-state index contributed by atoms with van der Waals surface area (Å²) in [6.07, 6.45) is 0. The maximum absolute atomic E-state index is 12.9. The summed E-state index contributed by atoms with van der Waals surface area (Å²) in [6.45, 7) is 0.317. The number of urea groups is 1. The molecule has 2 N–H and O–H groups in total. The highest BCUT2D eigenvalue weighted by atomic mass is 16.5. The molecule has 0 radical (unpaired) electrons. The molecular weight excluding hydrogens is 346 g/mol. The minimum Gasteiger partial charge on any atom is -0.484 e. The maximum Gasteiger partial charge on any atom is 0.324 e. The van der Waals surface area contributed by atoms with Gasteiger partial charge in [-0.3, -0.25) is 14.5 Å². The van der Waals surface area contributed by atoms with Gasteiger partial charge in [-0.1, -0.05) is 42.5 Å². The van der Waals surface area contributed by atoms with Gasteiger partial charge in [0.05, 0.1) is 12.5 Å². The zero-order valence-electron chi connectivity index (χ0n) is 15.0. The fraction of sp³-hybridized carbons (Fsp3) is 0.250. The van der Waals surface area contributed by atoms with E-state index in [9.17, 15) is 14.4 Å². The summed E-state index contributed by atoms with van der Waals surface area (Å²) in [5, 5.41) is 5.25. The Hall–Kier alpha value is -3.35. The van der Waals surface area contributed by atoms with E-state index in [1.807, 2.05) is 30.3 Å². The summed E-state index contributed by atoms with van der Waals surface area (Å²) < 4.78 is 5.42. The summed E-state index contributed by atoms with van der Waals surface area (Å²) in [4.78, 5) is 37.6. The van der Waals surface area contributed by atoms with E-state index in [0.29, 0.717) is 5.75 Å². The lowest BCUT2D eigenvalue weighted by Gasteiger charge is -2.31. The molecule has 1 unspecified atom stereocenters. The van der Waals surface area contributed by atoms with E-state index >= 15 is 0 Å². The molecule has 7 nitrogen and oxygen atoms in total. The molecule has 1 aliphatic rings. The average Bonchev–Trinajstić information content (AvgIpc) is 2.70. The number of carbonyl (C=O) groups is 3. The van der Waals surface area contributed by atoms with Crippen molar-refractivity contribution in [3.05, 3.63) is 65.7 Å². The van der Waals surface area contributed by atoms with Gasteiger partial charge in [0, 0.05) is 13.6 Å². The number of hydrogen-bond donors (Lipinski definition) is 2. The minimum absolute atomic E-state index is 0.0981. The molecule has 1 aliphatic heterocycles. The third kappa shape index (κ3) is 4.44. The van der Waals surface area contributed by atoms with E-state index in [4.69, 9.17) is 4.74 Å². The van der Waals surface area contributed by atoms with E-state index in [2.05, 4.69) is 10.6 Å². The predicted octanol–water partition coefficient (Wildman–Crippen LogP) is 1.65. The van der Waals surface area contributed by atoms with Gasteiger partial charge in [0.15, 0.2) is 6.61 Å². The molecule has 0 bridgehead atoms. The molecule has 0 spiro atoms. The smallest absolute Gasteiger partial charge is 0.324 e. The summed E-state index contributed by atoms with van der Waals surface area (Å²) in [5.74, 6) is -0.379. The molecule has 0 aromatic heterocycles. The van der Waals surface area contributed by atoms with Gasteiger partial charge in [-0.05, 0) is 23.3 Å². The lowest BCUT2D eigenvalue weighted by molar-refractivity contribution is -0.131. The van der Waals surface area contributed by atoms with Crippen LogP contribution in [-0.4, -0.2) is 42.9 Å². The van der Waals surface area contributed by atoms with Crippen molar-refractivity contribution in [2.75, 3.05) is 20.2 Å². The average molecular weight is 367 g/mol. The molecule has 0 aliphatic carbocycles. The number of ether oxygens (including phenoxy) is 1. The third-order valence-electron chi connectivity index (χ3n) is 4.36. The van der Waals surface area contributed by atoms with Crippen molar-refractivity contribution in [3.8, 4) is 5.75 Å². The van der Waals surface area contributed by atoms with Crippen LogP contribution in [0.2, 0.25) is 0 Å². The van der Waals surface area contributed by atoms with Gasteiger partial charge in [-0.15, -0.1) is 0 Å². The Labute approximate surface area is 157 Å². The van der Waals surface area contributed by atoms with Gasteiger partial charge in [-0.2, -0.15) is 0 Å². The van der Waals surface area contributed by atoms with Crippen LogP contribution in [0.1, 0.15) is 17.0 Å². The SMILES string of the molecule is CNC(=O)COc1cccc(CN2C(=O)NCC(c3ccccc3)C2=O)c1. The highest BCUT2D eigenvalue weighted by molar-refractivity contribution is 6.00. The van der Waals surface area contributed by atoms with Crippen LogP contribution in [0.25, 0.3) is 0 Å². The summed E-state index contributed by atoms with van der Waals surface area (Å²) in [6, 6.07) is 16.0. The highest BCUT2D eigenvalue weighted by Gasteiger charge is 2.35. The molecule has 2 aromatic rings. The standard InChI is InChI=1S/C20H21N3O4/c1-21-18(24)13-27-16-9-5-6-14(10-16)12-23-19(25)17(11-22-20(23)26)15-7-3-2-4-8-15/h2-10,17H,11-13H2,1H3,(H,21,24)(H,22,26). The number of carbonyl (C=O) groups excluding carboxylic acids is 3. The molecule has 2 aromatic carbocycles. The van der Waals surface area contributed by atoms with Crippen LogP contribution in [0.5, 0.6) is 5.75 Å². The molecule has 1 atom stereocenters. The van der Waals surface area contributed by atoms with E-state index in [1.54, 1.807) is 24.3 Å². The molecule has 140 valence electrons. The molecule has 4 amide bonds. The number of nitrogens with one attached hydrogen (secondary N) is 2. The summed E-state index contributed by atoms with van der Waals surface area (Å²) in [7, 11) is 1.53. The van der Waals surface area contributed by atoms with Crippen LogP contribution in [-0.2, 0) is 16.1 Å². The van der Waals surface area contributed by atoms with Crippen LogP contribution in [0.15, 0.2) is 54.6 Å². The zero-order chi connectivity index (χ0) is 19.2. The van der Waals surface area contributed by atoms with Crippen LogP contribution < -0.4 is 15.4 Å². The Balaban J connectivity index is 1.72. The van der Waals surface area contributed by atoms with Crippen molar-refractivity contribution in [3.63, 3.8) is 0 Å². The van der Waals surface area contributed by atoms with Gasteiger partial charge in [-0.25, -0.2) is 4.79 Å². The second kappa shape index (κ2) is 8.35. The lowest BCUT2D eigenvalue weighted by Crippen LogP contribution is -2.53. The van der Waals surface area contributed by atoms with Crippen LogP contribution in [0, 0.1) is 0 Å². The molecule has 3 rings (SSSR count). The first-order chi connectivity index (χ1) is 13.1. The Morgan fingerprint density at radius 3 is 2.70 bits per heavy atom. The molecular formula is C20H21N3O4. The fourth-order valence-corrected chi connectivity index (χ4v) is 2.89. The molecule has 1 heterocycles. The van der Waals surface area contributed by atoms with Crippen LogP contribution in [0.4, 0.5) is 4.79 Å². The molecule has 7 heteroatoms. The first-order valence-electron chi connectivity index (χ1n) is 8.65. The lowest BCUT2D eigenvalue weighted by atomic mass is 9.96. The molecule has 0 saturated carbocycles. The van der Waals surface area contributed by atoms with E-state index < -0.39 is 11.9 Å². The second-order valence-corrected chi connectivity index (χ2v) is 6.18. The van der Waals surface area contributed by atoms with Gasteiger partial charge in [0.25, 0.3) is 5.91 Å². The monoisotopic (exact) mass is 367 g/mol. The second-order valence-electron chi connectivity index (χ2n) is 6.18. The number of imide groups is 1. The summed E-state index contributed by atoms with van der Waals surface area (Å²) in [5.41, 5.74) is 1.61. The largest absolute Gasteiger partial charge is 0.484 e. The summed E-state index contributed by atoms with van der Waals surface area (Å²) >= 11 is 0. The van der Waals surface area contributed by atoms with E-state index in [0.717, 1.165) is 11.1 Å². The van der Waals surface area contributed by atoms with Crippen molar-refractivity contribution in [2.45, 2.75) is 12.5 Å². The topological polar surface area (TPSA) is 87.7 Å². The van der Waals surface area contributed by atoms with Gasteiger partial charge in [0.2, 0.25) is 5.91 Å².